The molecule has 10 heteroatoms. The van der Waals surface area contributed by atoms with E-state index in [4.69, 9.17) is 9.15 Å². The summed E-state index contributed by atoms with van der Waals surface area (Å²) < 4.78 is 10.4. The quantitative estimate of drug-likeness (QED) is 0.433. The van der Waals surface area contributed by atoms with E-state index in [0.29, 0.717) is 41.8 Å². The van der Waals surface area contributed by atoms with Gasteiger partial charge in [0.15, 0.2) is 6.61 Å². The summed E-state index contributed by atoms with van der Waals surface area (Å²) in [4.78, 5) is 50.0. The van der Waals surface area contributed by atoms with Crippen molar-refractivity contribution in [1.82, 2.24) is 15.8 Å². The summed E-state index contributed by atoms with van der Waals surface area (Å²) in [5.74, 6) is -0.806. The number of hydrazine groups is 1. The number of benzene rings is 1. The van der Waals surface area contributed by atoms with Crippen LogP contribution in [0.2, 0.25) is 0 Å². The molecule has 2 fully saturated rings. The van der Waals surface area contributed by atoms with E-state index < -0.39 is 36.0 Å². The third-order valence-corrected chi connectivity index (χ3v) is 6.04. The molecule has 2 heterocycles. The monoisotopic (exact) mass is 454 g/mol. The molecule has 174 valence electrons. The molecule has 1 saturated heterocycles. The molecule has 1 aliphatic heterocycles. The largest absolute Gasteiger partial charge is 0.467 e. The highest BCUT2D eigenvalue weighted by Gasteiger charge is 2.52. The van der Waals surface area contributed by atoms with Gasteiger partial charge in [0, 0.05) is 5.69 Å². The molecule has 1 saturated carbocycles. The Morgan fingerprint density at radius 2 is 1.94 bits per heavy atom. The number of urea groups is 1. The first-order chi connectivity index (χ1) is 15.9. The highest BCUT2D eigenvalue weighted by molar-refractivity contribution is 6.08. The molecule has 0 bridgehead atoms. The van der Waals surface area contributed by atoms with Gasteiger partial charge >= 0.3 is 12.0 Å². The van der Waals surface area contributed by atoms with Crippen LogP contribution in [-0.2, 0) is 20.9 Å². The first-order valence-electron chi connectivity index (χ1n) is 10.9. The fourth-order valence-corrected chi connectivity index (χ4v) is 4.09. The zero-order valence-corrected chi connectivity index (χ0v) is 18.3. The van der Waals surface area contributed by atoms with Crippen LogP contribution in [0.15, 0.2) is 47.1 Å². The van der Waals surface area contributed by atoms with Crippen molar-refractivity contribution < 1.29 is 28.3 Å². The molecule has 0 unspecified atom stereocenters. The Balaban J connectivity index is 1.32. The first-order valence-corrected chi connectivity index (χ1v) is 10.9. The average Bonchev–Trinajstić information content (AvgIpc) is 3.41. The van der Waals surface area contributed by atoms with E-state index in [2.05, 4.69) is 23.0 Å². The van der Waals surface area contributed by atoms with Gasteiger partial charge in [-0.25, -0.2) is 9.59 Å². The molecule has 1 spiro atoms. The lowest BCUT2D eigenvalue weighted by molar-refractivity contribution is -0.141. The normalized spacial score (nSPS) is 22.2. The molecule has 0 radical (unpaired) electrons. The number of esters is 1. The van der Waals surface area contributed by atoms with Crippen LogP contribution in [0.25, 0.3) is 0 Å². The molecular formula is C23H26N4O6. The number of nitrogens with zero attached hydrogens (tertiary/aromatic N) is 1. The number of para-hydroxylation sites is 1. The van der Waals surface area contributed by atoms with Gasteiger partial charge < -0.3 is 19.8 Å². The Kier molecular flexibility index (Phi) is 6.34. The van der Waals surface area contributed by atoms with Crippen molar-refractivity contribution in [3.63, 3.8) is 0 Å². The highest BCUT2D eigenvalue weighted by atomic mass is 16.5. The van der Waals surface area contributed by atoms with E-state index >= 15 is 0 Å². The summed E-state index contributed by atoms with van der Waals surface area (Å²) in [6, 6.07) is 9.58. The van der Waals surface area contributed by atoms with Crippen LogP contribution in [0, 0.1) is 5.92 Å². The van der Waals surface area contributed by atoms with E-state index in [9.17, 15) is 19.2 Å². The lowest BCUT2D eigenvalue weighted by Gasteiger charge is -2.33. The first kappa shape index (κ1) is 22.4. The lowest BCUT2D eigenvalue weighted by Crippen LogP contribution is -2.52. The Morgan fingerprint density at radius 3 is 2.67 bits per heavy atom. The van der Waals surface area contributed by atoms with Crippen LogP contribution in [0.4, 0.5) is 10.5 Å². The summed E-state index contributed by atoms with van der Waals surface area (Å²) in [6.07, 6.45) is 4.25. The maximum absolute atomic E-state index is 12.8. The summed E-state index contributed by atoms with van der Waals surface area (Å²) in [5, 5.41) is 6.49. The molecule has 33 heavy (non-hydrogen) atoms. The predicted octanol–water partition coefficient (Wildman–Crippen LogP) is 2.58. The standard InChI is InChI=1S/C23H26N4O6/c1-15-8-10-23(11-9-15)21(30)27(22(31)25-23)26-19(28)14-33-20(29)17-6-2-3-7-18(17)24-13-16-5-4-12-32-16/h2-7,12,15,24H,8-11,13-14H2,1H3,(H,25,31)(H,26,28). The second kappa shape index (κ2) is 9.35. The Hall–Kier alpha value is -3.82. The number of hydrogen-bond acceptors (Lipinski definition) is 7. The minimum Gasteiger partial charge on any atom is -0.467 e. The average molecular weight is 454 g/mol. The molecule has 1 aromatic carbocycles. The molecular weight excluding hydrogens is 428 g/mol. The summed E-state index contributed by atoms with van der Waals surface area (Å²) in [5.41, 5.74) is 2.04. The van der Waals surface area contributed by atoms with Crippen LogP contribution < -0.4 is 16.1 Å². The van der Waals surface area contributed by atoms with Gasteiger partial charge in [-0.1, -0.05) is 19.1 Å². The molecule has 2 aliphatic rings. The van der Waals surface area contributed by atoms with Crippen molar-refractivity contribution in [2.75, 3.05) is 11.9 Å². The molecule has 10 nitrogen and oxygen atoms in total. The number of hydrogen-bond donors (Lipinski definition) is 3. The Bertz CT molecular complexity index is 1040. The fraction of sp³-hybridized carbons (Fsp3) is 0.391. The number of imide groups is 1. The van der Waals surface area contributed by atoms with Crippen LogP contribution in [0.3, 0.4) is 0 Å². The predicted molar refractivity (Wildman–Crippen MR) is 117 cm³/mol. The minimum absolute atomic E-state index is 0.238. The van der Waals surface area contributed by atoms with Gasteiger partial charge in [0.2, 0.25) is 0 Å². The van der Waals surface area contributed by atoms with Gasteiger partial charge in [-0.2, -0.15) is 5.01 Å². The van der Waals surface area contributed by atoms with Crippen molar-refractivity contribution in [3.8, 4) is 0 Å². The summed E-state index contributed by atoms with van der Waals surface area (Å²) in [6.45, 7) is 1.82. The number of furan rings is 1. The van der Waals surface area contributed by atoms with Crippen LogP contribution in [0.5, 0.6) is 0 Å². The third kappa shape index (κ3) is 4.84. The lowest BCUT2D eigenvalue weighted by atomic mass is 9.77. The second-order valence-electron chi connectivity index (χ2n) is 8.42. The topological polar surface area (TPSA) is 130 Å². The van der Waals surface area contributed by atoms with Crippen molar-refractivity contribution in [1.29, 1.82) is 0 Å². The number of nitrogens with one attached hydrogen (secondary N) is 3. The number of carbonyl (C=O) groups is 4. The molecule has 4 rings (SSSR count). The maximum atomic E-state index is 12.8. The maximum Gasteiger partial charge on any atom is 0.344 e. The van der Waals surface area contributed by atoms with Gasteiger partial charge in [-0.3, -0.25) is 15.0 Å². The summed E-state index contributed by atoms with van der Waals surface area (Å²) in [7, 11) is 0. The van der Waals surface area contributed by atoms with Crippen molar-refractivity contribution in [3.05, 3.63) is 54.0 Å². The van der Waals surface area contributed by atoms with Gasteiger partial charge in [0.1, 0.15) is 11.3 Å². The SMILES string of the molecule is CC1CCC2(CC1)NC(=O)N(NC(=O)COC(=O)c1ccccc1NCc1ccco1)C2=O. The number of rotatable bonds is 7. The van der Waals surface area contributed by atoms with Crippen LogP contribution in [0.1, 0.15) is 48.7 Å². The second-order valence-corrected chi connectivity index (χ2v) is 8.42. The number of carbonyl (C=O) groups excluding carboxylic acids is 4. The fourth-order valence-electron chi connectivity index (χ4n) is 4.09. The molecule has 2 aromatic rings. The highest BCUT2D eigenvalue weighted by Crippen LogP contribution is 2.35. The van der Waals surface area contributed by atoms with Gasteiger partial charge in [-0.05, 0) is 55.9 Å². The van der Waals surface area contributed by atoms with Gasteiger partial charge in [0.25, 0.3) is 11.8 Å². The van der Waals surface area contributed by atoms with Crippen LogP contribution in [-0.4, -0.2) is 41.0 Å². The van der Waals surface area contributed by atoms with Crippen molar-refractivity contribution in [2.24, 2.45) is 5.92 Å². The smallest absolute Gasteiger partial charge is 0.344 e. The Morgan fingerprint density at radius 1 is 1.18 bits per heavy atom. The van der Waals surface area contributed by atoms with Crippen molar-refractivity contribution in [2.45, 2.75) is 44.7 Å². The van der Waals surface area contributed by atoms with E-state index in [1.54, 1.807) is 42.7 Å². The van der Waals surface area contributed by atoms with E-state index in [0.717, 1.165) is 12.8 Å². The van der Waals surface area contributed by atoms with Crippen molar-refractivity contribution >= 4 is 29.5 Å². The minimum atomic E-state index is -0.966. The molecule has 3 N–H and O–H groups in total. The summed E-state index contributed by atoms with van der Waals surface area (Å²) >= 11 is 0. The molecule has 4 amide bonds. The number of amides is 4. The molecule has 1 aliphatic carbocycles. The zero-order valence-electron chi connectivity index (χ0n) is 18.3. The van der Waals surface area contributed by atoms with Crippen LogP contribution >= 0.6 is 0 Å². The van der Waals surface area contributed by atoms with E-state index in [1.165, 1.54) is 0 Å². The number of anilines is 1. The molecule has 0 atom stereocenters. The third-order valence-electron chi connectivity index (χ3n) is 6.04. The van der Waals surface area contributed by atoms with E-state index in [1.807, 2.05) is 0 Å². The van der Waals surface area contributed by atoms with Gasteiger partial charge in [-0.15, -0.1) is 0 Å². The van der Waals surface area contributed by atoms with Gasteiger partial charge in [0.05, 0.1) is 18.4 Å². The molecule has 1 aromatic heterocycles. The number of ether oxygens (including phenoxy) is 1. The zero-order chi connectivity index (χ0) is 23.4. The Labute approximate surface area is 190 Å². The van der Waals surface area contributed by atoms with E-state index in [-0.39, 0.29) is 5.56 Å².